The van der Waals surface area contributed by atoms with E-state index in [-0.39, 0.29) is 17.1 Å². The SMILES string of the molecule is N#Cc1ccc(CSCC(NC=O)C(=O)O)c(F)c1. The third-order valence-electron chi connectivity index (χ3n) is 2.29. The second-order valence-corrected chi connectivity index (χ2v) is 4.64. The number of nitrogens with one attached hydrogen (secondary N) is 1. The number of carbonyl (C=O) groups excluding carboxylic acids is 1. The van der Waals surface area contributed by atoms with Crippen molar-refractivity contribution in [2.75, 3.05) is 5.75 Å². The lowest BCUT2D eigenvalue weighted by Gasteiger charge is -2.10. The van der Waals surface area contributed by atoms with Gasteiger partial charge >= 0.3 is 5.97 Å². The molecule has 0 aromatic heterocycles. The first-order chi connectivity index (χ1) is 9.08. The molecule has 0 fully saturated rings. The molecule has 0 heterocycles. The van der Waals surface area contributed by atoms with Crippen LogP contribution in [0.25, 0.3) is 0 Å². The van der Waals surface area contributed by atoms with E-state index in [1.807, 2.05) is 6.07 Å². The van der Waals surface area contributed by atoms with Gasteiger partial charge in [0, 0.05) is 11.5 Å². The third-order valence-corrected chi connectivity index (χ3v) is 3.38. The number of hydrogen-bond acceptors (Lipinski definition) is 4. The van der Waals surface area contributed by atoms with E-state index in [9.17, 15) is 14.0 Å². The maximum atomic E-state index is 13.5. The number of carbonyl (C=O) groups is 2. The molecule has 0 radical (unpaired) electrons. The number of nitriles is 1. The van der Waals surface area contributed by atoms with E-state index < -0.39 is 17.8 Å². The average molecular weight is 282 g/mol. The molecule has 0 saturated heterocycles. The van der Waals surface area contributed by atoms with Gasteiger partial charge in [0.25, 0.3) is 0 Å². The summed E-state index contributed by atoms with van der Waals surface area (Å²) in [4.78, 5) is 20.9. The van der Waals surface area contributed by atoms with Gasteiger partial charge in [0.15, 0.2) is 0 Å². The zero-order valence-electron chi connectivity index (χ0n) is 9.80. The van der Waals surface area contributed by atoms with E-state index in [1.54, 1.807) is 0 Å². The fraction of sp³-hybridized carbons (Fsp3) is 0.250. The fourth-order valence-electron chi connectivity index (χ4n) is 1.29. The number of hydrogen-bond donors (Lipinski definition) is 2. The molecule has 100 valence electrons. The highest BCUT2D eigenvalue weighted by Gasteiger charge is 2.16. The lowest BCUT2D eigenvalue weighted by atomic mass is 10.1. The number of carboxylic acid groups (broad SMARTS) is 1. The van der Waals surface area contributed by atoms with Crippen LogP contribution >= 0.6 is 11.8 Å². The van der Waals surface area contributed by atoms with Gasteiger partial charge in [-0.15, -0.1) is 0 Å². The molecule has 1 rings (SSSR count). The zero-order chi connectivity index (χ0) is 14.3. The van der Waals surface area contributed by atoms with Crippen LogP contribution in [0.1, 0.15) is 11.1 Å². The Kier molecular flexibility index (Phi) is 5.82. The summed E-state index contributed by atoms with van der Waals surface area (Å²) in [7, 11) is 0. The first-order valence-electron chi connectivity index (χ1n) is 5.27. The van der Waals surface area contributed by atoms with Crippen molar-refractivity contribution < 1.29 is 19.1 Å². The van der Waals surface area contributed by atoms with E-state index in [1.165, 1.54) is 23.9 Å². The first kappa shape index (κ1) is 15.0. The van der Waals surface area contributed by atoms with E-state index in [0.717, 1.165) is 6.07 Å². The quantitative estimate of drug-likeness (QED) is 0.732. The predicted octanol–water partition coefficient (Wildman–Crippen LogP) is 1.13. The van der Waals surface area contributed by atoms with Crippen LogP contribution in [0.4, 0.5) is 4.39 Å². The Balaban J connectivity index is 2.55. The summed E-state index contributed by atoms with van der Waals surface area (Å²) < 4.78 is 13.5. The molecule has 19 heavy (non-hydrogen) atoms. The maximum Gasteiger partial charge on any atom is 0.327 e. The lowest BCUT2D eigenvalue weighted by Crippen LogP contribution is -2.37. The van der Waals surface area contributed by atoms with Crippen molar-refractivity contribution in [2.24, 2.45) is 0 Å². The van der Waals surface area contributed by atoms with Gasteiger partial charge in [0.1, 0.15) is 11.9 Å². The molecular weight excluding hydrogens is 271 g/mol. The van der Waals surface area contributed by atoms with Crippen molar-refractivity contribution in [2.45, 2.75) is 11.8 Å². The van der Waals surface area contributed by atoms with Crippen LogP contribution in [0, 0.1) is 17.1 Å². The molecule has 2 N–H and O–H groups in total. The van der Waals surface area contributed by atoms with Gasteiger partial charge in [-0.25, -0.2) is 9.18 Å². The molecule has 7 heteroatoms. The second-order valence-electron chi connectivity index (χ2n) is 3.61. The molecule has 1 aromatic carbocycles. The Labute approximate surface area is 113 Å². The summed E-state index contributed by atoms with van der Waals surface area (Å²) >= 11 is 1.19. The molecule has 1 aromatic rings. The number of halogens is 1. The van der Waals surface area contributed by atoms with Crippen molar-refractivity contribution >= 4 is 24.1 Å². The molecule has 0 aliphatic rings. The van der Waals surface area contributed by atoms with Gasteiger partial charge in [-0.2, -0.15) is 17.0 Å². The Hall–Kier alpha value is -2.07. The summed E-state index contributed by atoms with van der Waals surface area (Å²) in [5.41, 5.74) is 0.622. The van der Waals surface area contributed by atoms with Crippen molar-refractivity contribution in [1.82, 2.24) is 5.32 Å². The topological polar surface area (TPSA) is 90.2 Å². The highest BCUT2D eigenvalue weighted by Crippen LogP contribution is 2.17. The van der Waals surface area contributed by atoms with Crippen LogP contribution in [-0.2, 0) is 15.3 Å². The number of aliphatic carboxylic acids is 1. The Morgan fingerprint density at radius 2 is 2.37 bits per heavy atom. The number of thioether (sulfide) groups is 1. The minimum atomic E-state index is -1.14. The summed E-state index contributed by atoms with van der Waals surface area (Å²) in [6.45, 7) is 0. The molecule has 0 bridgehead atoms. The van der Waals surface area contributed by atoms with E-state index in [0.29, 0.717) is 12.0 Å². The normalized spacial score (nSPS) is 11.4. The van der Waals surface area contributed by atoms with Gasteiger partial charge in [-0.05, 0) is 17.7 Å². The standard InChI is InChI=1S/C12H11FN2O3S/c13-10-3-8(4-14)1-2-9(10)5-19-6-11(12(17)18)15-7-16/h1-3,7,11H,5-6H2,(H,15,16)(H,17,18). The highest BCUT2D eigenvalue weighted by molar-refractivity contribution is 7.98. The molecule has 0 spiro atoms. The Morgan fingerprint density at radius 1 is 1.63 bits per heavy atom. The number of carboxylic acids is 1. The summed E-state index contributed by atoms with van der Waals surface area (Å²) in [6, 6.07) is 4.95. The highest BCUT2D eigenvalue weighted by atomic mass is 32.2. The lowest BCUT2D eigenvalue weighted by molar-refractivity contribution is -0.139. The van der Waals surface area contributed by atoms with Gasteiger partial charge in [-0.1, -0.05) is 6.07 Å². The van der Waals surface area contributed by atoms with Crippen LogP contribution in [0.15, 0.2) is 18.2 Å². The molecule has 1 atom stereocenters. The van der Waals surface area contributed by atoms with Gasteiger partial charge in [0.2, 0.25) is 6.41 Å². The fourth-order valence-corrected chi connectivity index (χ4v) is 2.34. The monoisotopic (exact) mass is 282 g/mol. The second kappa shape index (κ2) is 7.38. The van der Waals surface area contributed by atoms with Crippen molar-refractivity contribution in [1.29, 1.82) is 5.26 Å². The molecular formula is C12H11FN2O3S. The third kappa shape index (κ3) is 4.60. The Bertz CT molecular complexity index is 516. The van der Waals surface area contributed by atoms with Crippen molar-refractivity contribution in [3.8, 4) is 6.07 Å². The predicted molar refractivity (Wildman–Crippen MR) is 67.9 cm³/mol. The van der Waals surface area contributed by atoms with Gasteiger partial charge in [-0.3, -0.25) is 4.79 Å². The van der Waals surface area contributed by atoms with Crippen LogP contribution in [-0.4, -0.2) is 29.3 Å². The molecule has 5 nitrogen and oxygen atoms in total. The largest absolute Gasteiger partial charge is 0.480 e. The van der Waals surface area contributed by atoms with Crippen molar-refractivity contribution in [3.05, 3.63) is 35.1 Å². The Morgan fingerprint density at radius 3 is 2.89 bits per heavy atom. The van der Waals surface area contributed by atoms with Gasteiger partial charge < -0.3 is 10.4 Å². The van der Waals surface area contributed by atoms with Crippen LogP contribution in [0.2, 0.25) is 0 Å². The number of nitrogens with zero attached hydrogens (tertiary/aromatic N) is 1. The van der Waals surface area contributed by atoms with Crippen LogP contribution in [0.3, 0.4) is 0 Å². The first-order valence-corrected chi connectivity index (χ1v) is 6.42. The summed E-state index contributed by atoms with van der Waals surface area (Å²) in [6.07, 6.45) is 0.321. The van der Waals surface area contributed by atoms with Crippen LogP contribution < -0.4 is 5.32 Å². The van der Waals surface area contributed by atoms with E-state index >= 15 is 0 Å². The zero-order valence-corrected chi connectivity index (χ0v) is 10.6. The number of benzene rings is 1. The molecule has 0 aliphatic heterocycles. The minimum Gasteiger partial charge on any atom is -0.480 e. The van der Waals surface area contributed by atoms with Gasteiger partial charge in [0.05, 0.1) is 11.6 Å². The molecule has 0 saturated carbocycles. The smallest absolute Gasteiger partial charge is 0.327 e. The van der Waals surface area contributed by atoms with E-state index in [2.05, 4.69) is 5.32 Å². The maximum absolute atomic E-state index is 13.5. The van der Waals surface area contributed by atoms with Crippen LogP contribution in [0.5, 0.6) is 0 Å². The number of amides is 1. The van der Waals surface area contributed by atoms with Crippen molar-refractivity contribution in [3.63, 3.8) is 0 Å². The summed E-state index contributed by atoms with van der Waals surface area (Å²) in [5.74, 6) is -1.24. The summed E-state index contributed by atoms with van der Waals surface area (Å²) in [5, 5.41) is 19.5. The molecule has 1 amide bonds. The average Bonchev–Trinajstić information content (AvgIpc) is 2.39. The van der Waals surface area contributed by atoms with E-state index in [4.69, 9.17) is 10.4 Å². The molecule has 0 aliphatic carbocycles. The molecule has 1 unspecified atom stereocenters. The minimum absolute atomic E-state index is 0.132. The number of rotatable bonds is 7.